The first-order chi connectivity index (χ1) is 7.83. The van der Waals surface area contributed by atoms with Crippen LogP contribution in [0.5, 0.6) is 0 Å². The lowest BCUT2D eigenvalue weighted by Gasteiger charge is -2.00. The SMILES string of the molecule is Cc1ncc(-c2ccn3nccc3n2)cn1. The average molecular weight is 211 g/mol. The molecule has 3 aromatic heterocycles. The molecule has 0 N–H and O–H groups in total. The Morgan fingerprint density at radius 2 is 1.94 bits per heavy atom. The maximum atomic E-state index is 4.46. The van der Waals surface area contributed by atoms with E-state index in [1.807, 2.05) is 25.3 Å². The van der Waals surface area contributed by atoms with Gasteiger partial charge in [-0.1, -0.05) is 0 Å². The normalized spacial score (nSPS) is 10.8. The fourth-order valence-electron chi connectivity index (χ4n) is 1.50. The van der Waals surface area contributed by atoms with Crippen molar-refractivity contribution in [2.45, 2.75) is 6.92 Å². The molecule has 5 heteroatoms. The van der Waals surface area contributed by atoms with Crippen molar-refractivity contribution in [2.24, 2.45) is 0 Å². The topological polar surface area (TPSA) is 56.0 Å². The van der Waals surface area contributed by atoms with Crippen molar-refractivity contribution < 1.29 is 0 Å². The van der Waals surface area contributed by atoms with Crippen LogP contribution in [0.1, 0.15) is 5.82 Å². The molecular weight excluding hydrogens is 202 g/mol. The summed E-state index contributed by atoms with van der Waals surface area (Å²) in [6.45, 7) is 1.86. The lowest BCUT2D eigenvalue weighted by molar-refractivity contribution is 0.940. The maximum absolute atomic E-state index is 4.46. The third-order valence-electron chi connectivity index (χ3n) is 2.33. The highest BCUT2D eigenvalue weighted by Gasteiger charge is 2.02. The zero-order chi connectivity index (χ0) is 11.0. The van der Waals surface area contributed by atoms with E-state index in [0.717, 1.165) is 22.7 Å². The summed E-state index contributed by atoms with van der Waals surface area (Å²) in [6, 6.07) is 3.76. The summed E-state index contributed by atoms with van der Waals surface area (Å²) >= 11 is 0. The van der Waals surface area contributed by atoms with E-state index in [-0.39, 0.29) is 0 Å². The molecule has 3 aromatic rings. The van der Waals surface area contributed by atoms with Gasteiger partial charge in [-0.05, 0) is 13.0 Å². The minimum atomic E-state index is 0.759. The second-order valence-electron chi connectivity index (χ2n) is 3.47. The Kier molecular flexibility index (Phi) is 1.89. The number of nitrogens with zero attached hydrogens (tertiary/aromatic N) is 5. The standard InChI is InChI=1S/C11H9N5/c1-8-12-6-9(7-13-8)10-3-5-16-11(15-10)2-4-14-16/h2-7H,1H3. The lowest BCUT2D eigenvalue weighted by atomic mass is 10.2. The van der Waals surface area contributed by atoms with E-state index in [2.05, 4.69) is 20.1 Å². The number of aromatic nitrogens is 5. The van der Waals surface area contributed by atoms with Crippen LogP contribution in [-0.2, 0) is 0 Å². The Labute approximate surface area is 91.8 Å². The van der Waals surface area contributed by atoms with Gasteiger partial charge in [0.1, 0.15) is 5.82 Å². The Bertz CT molecular complexity index is 626. The molecule has 0 bridgehead atoms. The molecule has 0 amide bonds. The van der Waals surface area contributed by atoms with E-state index in [0.29, 0.717) is 0 Å². The molecular formula is C11H9N5. The molecule has 0 aliphatic carbocycles. The van der Waals surface area contributed by atoms with Gasteiger partial charge in [-0.15, -0.1) is 0 Å². The smallest absolute Gasteiger partial charge is 0.155 e. The molecule has 0 unspecified atom stereocenters. The van der Waals surface area contributed by atoms with Gasteiger partial charge in [0.25, 0.3) is 0 Å². The van der Waals surface area contributed by atoms with Gasteiger partial charge in [-0.25, -0.2) is 19.5 Å². The summed E-state index contributed by atoms with van der Waals surface area (Å²) in [5.74, 6) is 0.759. The number of fused-ring (bicyclic) bond motifs is 1. The molecule has 5 nitrogen and oxygen atoms in total. The van der Waals surface area contributed by atoms with E-state index >= 15 is 0 Å². The van der Waals surface area contributed by atoms with Crippen molar-refractivity contribution in [1.82, 2.24) is 24.6 Å². The number of hydrogen-bond donors (Lipinski definition) is 0. The molecule has 0 saturated heterocycles. The van der Waals surface area contributed by atoms with Crippen LogP contribution >= 0.6 is 0 Å². The van der Waals surface area contributed by atoms with Crippen LogP contribution in [0.3, 0.4) is 0 Å². The predicted molar refractivity (Wildman–Crippen MR) is 58.8 cm³/mol. The minimum absolute atomic E-state index is 0.759. The monoisotopic (exact) mass is 211 g/mol. The number of aryl methyl sites for hydroxylation is 1. The Morgan fingerprint density at radius 1 is 1.12 bits per heavy atom. The average Bonchev–Trinajstić information content (AvgIpc) is 2.77. The zero-order valence-corrected chi connectivity index (χ0v) is 8.70. The first-order valence-electron chi connectivity index (χ1n) is 4.92. The van der Waals surface area contributed by atoms with Crippen molar-refractivity contribution in [2.75, 3.05) is 0 Å². The lowest BCUT2D eigenvalue weighted by Crippen LogP contribution is -1.93. The van der Waals surface area contributed by atoms with Gasteiger partial charge < -0.3 is 0 Å². The molecule has 78 valence electrons. The minimum Gasteiger partial charge on any atom is -0.241 e. The van der Waals surface area contributed by atoms with E-state index in [1.54, 1.807) is 23.1 Å². The molecule has 0 fully saturated rings. The Hall–Kier alpha value is -2.30. The fraction of sp³-hybridized carbons (Fsp3) is 0.0909. The molecule has 0 aromatic carbocycles. The van der Waals surface area contributed by atoms with Gasteiger partial charge in [0, 0.05) is 30.2 Å². The van der Waals surface area contributed by atoms with Crippen molar-refractivity contribution in [3.8, 4) is 11.3 Å². The third kappa shape index (κ3) is 1.42. The summed E-state index contributed by atoms with van der Waals surface area (Å²) in [6.07, 6.45) is 7.14. The second-order valence-corrected chi connectivity index (χ2v) is 3.47. The van der Waals surface area contributed by atoms with Crippen LogP contribution in [0.4, 0.5) is 0 Å². The summed E-state index contributed by atoms with van der Waals surface area (Å²) in [7, 11) is 0. The van der Waals surface area contributed by atoms with Gasteiger partial charge in [0.2, 0.25) is 0 Å². The van der Waals surface area contributed by atoms with Crippen molar-refractivity contribution >= 4 is 5.65 Å². The molecule has 0 saturated carbocycles. The first-order valence-corrected chi connectivity index (χ1v) is 4.92. The van der Waals surface area contributed by atoms with Crippen LogP contribution in [0.2, 0.25) is 0 Å². The second kappa shape index (κ2) is 3.37. The molecule has 3 rings (SSSR count). The highest BCUT2D eigenvalue weighted by atomic mass is 15.2. The highest BCUT2D eigenvalue weighted by Crippen LogP contribution is 2.15. The van der Waals surface area contributed by atoms with E-state index < -0.39 is 0 Å². The van der Waals surface area contributed by atoms with Crippen molar-refractivity contribution in [3.05, 3.63) is 42.7 Å². The van der Waals surface area contributed by atoms with Gasteiger partial charge in [0.15, 0.2) is 5.65 Å². The van der Waals surface area contributed by atoms with Gasteiger partial charge in [-0.3, -0.25) is 0 Å². The van der Waals surface area contributed by atoms with Crippen LogP contribution in [-0.4, -0.2) is 24.6 Å². The molecule has 16 heavy (non-hydrogen) atoms. The van der Waals surface area contributed by atoms with Gasteiger partial charge in [-0.2, -0.15) is 5.10 Å². The molecule has 0 atom stereocenters. The molecule has 0 radical (unpaired) electrons. The van der Waals surface area contributed by atoms with Crippen LogP contribution in [0.25, 0.3) is 16.9 Å². The highest BCUT2D eigenvalue weighted by molar-refractivity contribution is 5.59. The van der Waals surface area contributed by atoms with Gasteiger partial charge >= 0.3 is 0 Å². The van der Waals surface area contributed by atoms with E-state index in [4.69, 9.17) is 0 Å². The first kappa shape index (κ1) is 8.96. The maximum Gasteiger partial charge on any atom is 0.155 e. The summed E-state index contributed by atoms with van der Waals surface area (Å²) < 4.78 is 1.72. The zero-order valence-electron chi connectivity index (χ0n) is 8.70. The molecule has 3 heterocycles. The Balaban J connectivity index is 2.14. The van der Waals surface area contributed by atoms with Gasteiger partial charge in [0.05, 0.1) is 11.9 Å². The van der Waals surface area contributed by atoms with Crippen molar-refractivity contribution in [3.63, 3.8) is 0 Å². The van der Waals surface area contributed by atoms with Crippen molar-refractivity contribution in [1.29, 1.82) is 0 Å². The summed E-state index contributed by atoms with van der Waals surface area (Å²) in [5.41, 5.74) is 2.58. The number of hydrogen-bond acceptors (Lipinski definition) is 4. The molecule has 0 spiro atoms. The third-order valence-corrected chi connectivity index (χ3v) is 2.33. The fourth-order valence-corrected chi connectivity index (χ4v) is 1.50. The van der Waals surface area contributed by atoms with E-state index in [1.165, 1.54) is 0 Å². The quantitative estimate of drug-likeness (QED) is 0.612. The van der Waals surface area contributed by atoms with Crippen LogP contribution in [0, 0.1) is 6.92 Å². The van der Waals surface area contributed by atoms with E-state index in [9.17, 15) is 0 Å². The number of rotatable bonds is 1. The summed E-state index contributed by atoms with van der Waals surface area (Å²) in [5, 5.41) is 4.09. The molecule has 0 aliphatic heterocycles. The largest absolute Gasteiger partial charge is 0.241 e. The summed E-state index contributed by atoms with van der Waals surface area (Å²) in [4.78, 5) is 12.8. The van der Waals surface area contributed by atoms with Crippen LogP contribution in [0.15, 0.2) is 36.9 Å². The Morgan fingerprint density at radius 3 is 2.75 bits per heavy atom. The molecule has 0 aliphatic rings. The predicted octanol–water partition coefficient (Wildman–Crippen LogP) is 1.49. The van der Waals surface area contributed by atoms with Crippen LogP contribution < -0.4 is 0 Å².